The van der Waals surface area contributed by atoms with Crippen LogP contribution in [-0.4, -0.2) is 28.9 Å². The molecule has 1 fully saturated rings. The number of hydrogen-bond donors (Lipinski definition) is 0. The van der Waals surface area contributed by atoms with E-state index in [9.17, 15) is 4.79 Å². The summed E-state index contributed by atoms with van der Waals surface area (Å²) in [5.41, 5.74) is 0.657. The largest absolute Gasteiger partial charge is 0.337 e. The minimum atomic E-state index is 0.137. The summed E-state index contributed by atoms with van der Waals surface area (Å²) >= 11 is 1.63. The molecule has 0 aromatic carbocycles. The van der Waals surface area contributed by atoms with E-state index in [0.29, 0.717) is 11.6 Å². The molecule has 0 radical (unpaired) electrons. The molecule has 21 heavy (non-hydrogen) atoms. The summed E-state index contributed by atoms with van der Waals surface area (Å²) in [7, 11) is 0. The zero-order valence-corrected chi connectivity index (χ0v) is 14.4. The topological polar surface area (TPSA) is 33.2 Å². The fraction of sp³-hybridized carbons (Fsp3) is 0.765. The van der Waals surface area contributed by atoms with Gasteiger partial charge in [-0.15, -0.1) is 11.3 Å². The van der Waals surface area contributed by atoms with Crippen molar-refractivity contribution in [2.24, 2.45) is 11.8 Å². The van der Waals surface area contributed by atoms with Gasteiger partial charge in [-0.2, -0.15) is 0 Å². The molecular formula is C17H28N2OS. The van der Waals surface area contributed by atoms with Crippen LogP contribution in [0.2, 0.25) is 0 Å². The summed E-state index contributed by atoms with van der Waals surface area (Å²) in [4.78, 5) is 19.1. The monoisotopic (exact) mass is 308 g/mol. The molecule has 0 spiro atoms. The third-order valence-electron chi connectivity index (χ3n) is 4.19. The van der Waals surface area contributed by atoms with Crippen LogP contribution in [-0.2, 0) is 6.42 Å². The first kappa shape index (κ1) is 16.5. The third kappa shape index (κ3) is 4.80. The smallest absolute Gasteiger partial charge is 0.273 e. The molecule has 1 atom stereocenters. The lowest BCUT2D eigenvalue weighted by molar-refractivity contribution is 0.0754. The standard InChI is InChI=1S/C17H28N2OS/c1-4-6-14-7-5-9-19(10-8-14)17(20)15-12-21-16(18-15)11-13(2)3/h12-14H,4-11H2,1-3H3/t14-/m0/s1. The van der Waals surface area contributed by atoms with E-state index in [-0.39, 0.29) is 5.91 Å². The number of nitrogens with zero attached hydrogens (tertiary/aromatic N) is 2. The molecule has 1 saturated heterocycles. The fourth-order valence-electron chi connectivity index (χ4n) is 3.08. The molecule has 0 N–H and O–H groups in total. The zero-order chi connectivity index (χ0) is 15.2. The van der Waals surface area contributed by atoms with Gasteiger partial charge in [0.05, 0.1) is 5.01 Å². The Labute approximate surface area is 132 Å². The van der Waals surface area contributed by atoms with Crippen LogP contribution in [0.3, 0.4) is 0 Å². The number of carbonyl (C=O) groups excluding carboxylic acids is 1. The third-order valence-corrected chi connectivity index (χ3v) is 5.06. The van der Waals surface area contributed by atoms with Crippen molar-refractivity contribution < 1.29 is 4.79 Å². The van der Waals surface area contributed by atoms with E-state index in [1.807, 2.05) is 10.3 Å². The highest BCUT2D eigenvalue weighted by Gasteiger charge is 2.23. The second kappa shape index (κ2) is 7.92. The number of amides is 1. The summed E-state index contributed by atoms with van der Waals surface area (Å²) < 4.78 is 0. The lowest BCUT2D eigenvalue weighted by Crippen LogP contribution is -2.32. The molecule has 1 aromatic heterocycles. The SMILES string of the molecule is CCC[C@H]1CCCN(C(=O)c2csc(CC(C)C)n2)CC1. The number of hydrogen-bond acceptors (Lipinski definition) is 3. The average Bonchev–Trinajstić information content (AvgIpc) is 2.76. The van der Waals surface area contributed by atoms with Crippen molar-refractivity contribution in [2.45, 2.75) is 59.3 Å². The van der Waals surface area contributed by atoms with Gasteiger partial charge in [-0.25, -0.2) is 4.98 Å². The number of aromatic nitrogens is 1. The van der Waals surface area contributed by atoms with Gasteiger partial charge in [-0.05, 0) is 31.1 Å². The van der Waals surface area contributed by atoms with E-state index in [0.717, 1.165) is 43.3 Å². The van der Waals surface area contributed by atoms with Crippen LogP contribution in [0.25, 0.3) is 0 Å². The van der Waals surface area contributed by atoms with Crippen LogP contribution in [0.15, 0.2) is 5.38 Å². The summed E-state index contributed by atoms with van der Waals surface area (Å²) in [6.45, 7) is 8.42. The maximum absolute atomic E-state index is 12.6. The summed E-state index contributed by atoms with van der Waals surface area (Å²) in [5.74, 6) is 1.53. The predicted molar refractivity (Wildman–Crippen MR) is 88.8 cm³/mol. The summed E-state index contributed by atoms with van der Waals surface area (Å²) in [6, 6.07) is 0. The van der Waals surface area contributed by atoms with E-state index in [1.54, 1.807) is 11.3 Å². The van der Waals surface area contributed by atoms with Crippen molar-refractivity contribution in [3.05, 3.63) is 16.1 Å². The highest BCUT2D eigenvalue weighted by atomic mass is 32.1. The maximum atomic E-state index is 12.6. The maximum Gasteiger partial charge on any atom is 0.273 e. The van der Waals surface area contributed by atoms with Crippen molar-refractivity contribution in [1.29, 1.82) is 0 Å². The number of rotatable bonds is 5. The van der Waals surface area contributed by atoms with Crippen LogP contribution < -0.4 is 0 Å². The minimum absolute atomic E-state index is 0.137. The Morgan fingerprint density at radius 2 is 2.24 bits per heavy atom. The molecule has 0 unspecified atom stereocenters. The second-order valence-corrected chi connectivity index (χ2v) is 7.54. The quantitative estimate of drug-likeness (QED) is 0.808. The average molecular weight is 308 g/mol. The van der Waals surface area contributed by atoms with E-state index in [4.69, 9.17) is 0 Å². The Hall–Kier alpha value is -0.900. The Morgan fingerprint density at radius 1 is 1.43 bits per heavy atom. The van der Waals surface area contributed by atoms with Gasteiger partial charge in [0.25, 0.3) is 5.91 Å². The molecule has 4 heteroatoms. The lowest BCUT2D eigenvalue weighted by atomic mass is 9.96. The second-order valence-electron chi connectivity index (χ2n) is 6.60. The molecule has 0 aliphatic carbocycles. The van der Waals surface area contributed by atoms with Gasteiger partial charge >= 0.3 is 0 Å². The highest BCUT2D eigenvalue weighted by molar-refractivity contribution is 7.09. The van der Waals surface area contributed by atoms with E-state index >= 15 is 0 Å². The molecule has 1 aromatic rings. The van der Waals surface area contributed by atoms with E-state index in [1.165, 1.54) is 19.3 Å². The van der Waals surface area contributed by atoms with Gasteiger partial charge in [0.1, 0.15) is 5.69 Å². The molecule has 1 aliphatic rings. The zero-order valence-electron chi connectivity index (χ0n) is 13.6. The van der Waals surface area contributed by atoms with Crippen molar-refractivity contribution in [2.75, 3.05) is 13.1 Å². The summed E-state index contributed by atoms with van der Waals surface area (Å²) in [5, 5.41) is 3.03. The first-order valence-corrected chi connectivity index (χ1v) is 9.21. The Bertz CT molecular complexity index is 455. The lowest BCUT2D eigenvalue weighted by Gasteiger charge is -2.19. The molecule has 118 valence electrons. The molecule has 1 aliphatic heterocycles. The van der Waals surface area contributed by atoms with Gasteiger partial charge in [0, 0.05) is 24.9 Å². The molecule has 0 saturated carbocycles. The molecule has 0 bridgehead atoms. The predicted octanol–water partition coefficient (Wildman–Crippen LogP) is 4.38. The Kier molecular flexibility index (Phi) is 6.22. The van der Waals surface area contributed by atoms with Crippen molar-refractivity contribution >= 4 is 17.2 Å². The van der Waals surface area contributed by atoms with E-state index in [2.05, 4.69) is 25.8 Å². The fourth-order valence-corrected chi connectivity index (χ4v) is 4.06. The van der Waals surface area contributed by atoms with Crippen LogP contribution in [0, 0.1) is 11.8 Å². The van der Waals surface area contributed by atoms with Gasteiger partial charge < -0.3 is 4.90 Å². The minimum Gasteiger partial charge on any atom is -0.337 e. The molecule has 2 rings (SSSR count). The van der Waals surface area contributed by atoms with Gasteiger partial charge in [-0.1, -0.05) is 33.6 Å². The number of carbonyl (C=O) groups is 1. The molecule has 3 nitrogen and oxygen atoms in total. The van der Waals surface area contributed by atoms with Crippen LogP contribution >= 0.6 is 11.3 Å². The van der Waals surface area contributed by atoms with E-state index < -0.39 is 0 Å². The highest BCUT2D eigenvalue weighted by Crippen LogP contribution is 2.23. The van der Waals surface area contributed by atoms with Crippen LogP contribution in [0.1, 0.15) is 68.4 Å². The van der Waals surface area contributed by atoms with Crippen LogP contribution in [0.5, 0.6) is 0 Å². The molecule has 2 heterocycles. The normalized spacial score (nSPS) is 19.8. The number of thiazole rings is 1. The van der Waals surface area contributed by atoms with Gasteiger partial charge in [0.15, 0.2) is 0 Å². The van der Waals surface area contributed by atoms with Gasteiger partial charge in [-0.3, -0.25) is 4.79 Å². The molecular weight excluding hydrogens is 280 g/mol. The van der Waals surface area contributed by atoms with Crippen LogP contribution in [0.4, 0.5) is 0 Å². The Morgan fingerprint density at radius 3 is 2.95 bits per heavy atom. The van der Waals surface area contributed by atoms with Crippen molar-refractivity contribution in [3.8, 4) is 0 Å². The van der Waals surface area contributed by atoms with Gasteiger partial charge in [0.2, 0.25) is 0 Å². The Balaban J connectivity index is 1.94. The van der Waals surface area contributed by atoms with Crippen molar-refractivity contribution in [1.82, 2.24) is 9.88 Å². The number of likely N-dealkylation sites (tertiary alicyclic amines) is 1. The first-order valence-electron chi connectivity index (χ1n) is 8.33. The molecule has 1 amide bonds. The van der Waals surface area contributed by atoms with Crippen molar-refractivity contribution in [3.63, 3.8) is 0 Å². The summed E-state index contributed by atoms with van der Waals surface area (Å²) in [6.07, 6.45) is 7.09. The first-order chi connectivity index (χ1) is 10.1.